The Kier molecular flexibility index (Phi) is 4.15. The van der Waals surface area contributed by atoms with Crippen LogP contribution in [0.25, 0.3) is 0 Å². The average molecular weight is 121 g/mol. The van der Waals surface area contributed by atoms with Gasteiger partial charge in [-0.15, -0.1) is 0 Å². The van der Waals surface area contributed by atoms with Gasteiger partial charge in [0.15, 0.2) is 0 Å². The van der Waals surface area contributed by atoms with Gasteiger partial charge in [0.05, 0.1) is 0 Å². The van der Waals surface area contributed by atoms with Crippen molar-refractivity contribution in [1.82, 2.24) is 0 Å². The van der Waals surface area contributed by atoms with Gasteiger partial charge in [-0.3, -0.25) is 0 Å². The molecular weight excluding hydrogens is 112 g/mol. The fraction of sp³-hybridized carbons (Fsp3) is 0.600. The van der Waals surface area contributed by atoms with Crippen molar-refractivity contribution < 1.29 is 5.11 Å². The van der Waals surface area contributed by atoms with Crippen molar-refractivity contribution >= 4 is 11.6 Å². The molecule has 0 aliphatic rings. The Bertz CT molecular complexity index is 68.5. The molecule has 0 bridgehead atoms. The highest BCUT2D eigenvalue weighted by Gasteiger charge is 1.82. The summed E-state index contributed by atoms with van der Waals surface area (Å²) in [6.45, 7) is 2.07. The molecule has 0 radical (unpaired) electrons. The van der Waals surface area contributed by atoms with Crippen LogP contribution in [0.1, 0.15) is 13.3 Å². The first-order chi connectivity index (χ1) is 3.31. The van der Waals surface area contributed by atoms with E-state index in [9.17, 15) is 0 Å². The van der Waals surface area contributed by atoms with Crippen LogP contribution in [-0.2, 0) is 0 Å². The molecule has 0 heterocycles. The van der Waals surface area contributed by atoms with Gasteiger partial charge in [-0.2, -0.15) is 0 Å². The van der Waals surface area contributed by atoms with Crippen molar-refractivity contribution in [3.05, 3.63) is 11.1 Å². The Morgan fingerprint density at radius 3 is 2.57 bits per heavy atom. The molecule has 0 atom stereocenters. The van der Waals surface area contributed by atoms with Crippen molar-refractivity contribution in [2.75, 3.05) is 6.61 Å². The minimum Gasteiger partial charge on any atom is -0.396 e. The van der Waals surface area contributed by atoms with Crippen molar-refractivity contribution in [3.8, 4) is 0 Å². The largest absolute Gasteiger partial charge is 0.396 e. The normalized spacial score (nSPS) is 12.1. The molecule has 0 unspecified atom stereocenters. The summed E-state index contributed by atoms with van der Waals surface area (Å²) in [7, 11) is 0. The number of rotatable bonds is 2. The topological polar surface area (TPSA) is 20.2 Å². The highest BCUT2D eigenvalue weighted by atomic mass is 35.5. The van der Waals surface area contributed by atoms with Crippen LogP contribution >= 0.6 is 11.6 Å². The third-order valence-electron chi connectivity index (χ3n) is 0.692. The van der Waals surface area contributed by atoms with E-state index in [-0.39, 0.29) is 6.61 Å². The van der Waals surface area contributed by atoms with E-state index in [2.05, 4.69) is 0 Å². The van der Waals surface area contributed by atoms with Gasteiger partial charge in [-0.25, -0.2) is 0 Å². The first-order valence-electron chi connectivity index (χ1n) is 2.18. The molecule has 0 spiro atoms. The second-order valence-corrected chi connectivity index (χ2v) is 1.65. The van der Waals surface area contributed by atoms with Crippen LogP contribution < -0.4 is 0 Å². The minimum absolute atomic E-state index is 0.190. The zero-order chi connectivity index (χ0) is 5.70. The molecule has 1 N–H and O–H groups in total. The van der Waals surface area contributed by atoms with Gasteiger partial charge in [-0.1, -0.05) is 17.2 Å². The van der Waals surface area contributed by atoms with Gasteiger partial charge >= 0.3 is 0 Å². The summed E-state index contributed by atoms with van der Waals surface area (Å²) in [5.41, 5.74) is 2.50. The van der Waals surface area contributed by atoms with Crippen LogP contribution in [0.5, 0.6) is 0 Å². The van der Waals surface area contributed by atoms with Crippen LogP contribution in [0.2, 0.25) is 0 Å². The lowest BCUT2D eigenvalue weighted by atomic mass is 10.3. The van der Waals surface area contributed by atoms with E-state index in [1.807, 2.05) is 6.92 Å². The third-order valence-corrected chi connectivity index (χ3v) is 1.06. The zero-order valence-corrected chi connectivity index (χ0v) is 5.07. The lowest BCUT2D eigenvalue weighted by Crippen LogP contribution is -1.80. The molecule has 0 aliphatic carbocycles. The van der Waals surface area contributed by atoms with Crippen LogP contribution in [0.3, 0.4) is 0 Å². The summed E-state index contributed by atoms with van der Waals surface area (Å²) >= 11 is 5.26. The maximum atomic E-state index is 8.27. The standard InChI is InChI=1S/C5H9ClO/c1-5(4-6)2-3-7/h4,7H,2-3H2,1H3/b5-4-. The Labute approximate surface area is 48.6 Å². The van der Waals surface area contributed by atoms with Crippen LogP contribution in [0, 0.1) is 0 Å². The number of aliphatic hydroxyl groups is 1. The second kappa shape index (κ2) is 4.16. The molecule has 1 nitrogen and oxygen atoms in total. The van der Waals surface area contributed by atoms with Crippen LogP contribution in [-0.4, -0.2) is 11.7 Å². The predicted octanol–water partition coefficient (Wildman–Crippen LogP) is 1.51. The number of hydrogen-bond donors (Lipinski definition) is 1. The molecule has 0 fully saturated rings. The summed E-state index contributed by atoms with van der Waals surface area (Å²) in [5, 5.41) is 8.27. The Morgan fingerprint density at radius 1 is 1.86 bits per heavy atom. The smallest absolute Gasteiger partial charge is 0.0468 e. The monoisotopic (exact) mass is 120 g/mol. The lowest BCUT2D eigenvalue weighted by Gasteiger charge is -1.89. The van der Waals surface area contributed by atoms with Gasteiger partial charge < -0.3 is 5.11 Å². The Hall–Kier alpha value is -0.0100. The minimum atomic E-state index is 0.190. The molecular formula is C5H9ClO. The summed E-state index contributed by atoms with van der Waals surface area (Å²) < 4.78 is 0. The molecule has 42 valence electrons. The fourth-order valence-electron chi connectivity index (χ4n) is 0.231. The lowest BCUT2D eigenvalue weighted by molar-refractivity contribution is 0.299. The van der Waals surface area contributed by atoms with E-state index in [1.165, 1.54) is 5.54 Å². The summed E-state index contributed by atoms with van der Waals surface area (Å²) in [6, 6.07) is 0. The van der Waals surface area contributed by atoms with E-state index >= 15 is 0 Å². The van der Waals surface area contributed by atoms with Crippen molar-refractivity contribution in [1.29, 1.82) is 0 Å². The van der Waals surface area contributed by atoms with Crippen molar-refractivity contribution in [2.45, 2.75) is 13.3 Å². The average Bonchev–Trinajstić information content (AvgIpc) is 1.68. The summed E-state index contributed by atoms with van der Waals surface area (Å²) in [6.07, 6.45) is 0.684. The second-order valence-electron chi connectivity index (χ2n) is 1.43. The zero-order valence-electron chi connectivity index (χ0n) is 4.32. The molecule has 2 heteroatoms. The van der Waals surface area contributed by atoms with Crippen LogP contribution in [0.15, 0.2) is 11.1 Å². The number of hydrogen-bond acceptors (Lipinski definition) is 1. The van der Waals surface area contributed by atoms with Gasteiger partial charge in [0.25, 0.3) is 0 Å². The molecule has 0 saturated carbocycles. The SMILES string of the molecule is C/C(=C/Cl)CCO. The van der Waals surface area contributed by atoms with Crippen molar-refractivity contribution in [3.63, 3.8) is 0 Å². The molecule has 7 heavy (non-hydrogen) atoms. The Morgan fingerprint density at radius 2 is 2.43 bits per heavy atom. The van der Waals surface area contributed by atoms with Gasteiger partial charge in [-0.05, 0) is 13.3 Å². The van der Waals surface area contributed by atoms with E-state index in [0.29, 0.717) is 6.42 Å². The van der Waals surface area contributed by atoms with E-state index < -0.39 is 0 Å². The molecule has 0 saturated heterocycles. The van der Waals surface area contributed by atoms with Gasteiger partial charge in [0.2, 0.25) is 0 Å². The molecule has 0 aromatic rings. The first kappa shape index (κ1) is 6.99. The van der Waals surface area contributed by atoms with E-state index in [4.69, 9.17) is 16.7 Å². The molecule has 0 aromatic heterocycles. The predicted molar refractivity (Wildman–Crippen MR) is 31.3 cm³/mol. The number of aliphatic hydroxyl groups excluding tert-OH is 1. The summed E-state index contributed by atoms with van der Waals surface area (Å²) in [5.74, 6) is 0. The fourth-order valence-corrected chi connectivity index (χ4v) is 0.340. The number of halogens is 1. The van der Waals surface area contributed by atoms with Gasteiger partial charge in [0.1, 0.15) is 0 Å². The van der Waals surface area contributed by atoms with E-state index in [1.54, 1.807) is 0 Å². The molecule has 0 aliphatic heterocycles. The van der Waals surface area contributed by atoms with Crippen LogP contribution in [0.4, 0.5) is 0 Å². The first-order valence-corrected chi connectivity index (χ1v) is 2.61. The Balaban J connectivity index is 3.17. The highest BCUT2D eigenvalue weighted by molar-refractivity contribution is 6.25. The molecule has 0 amide bonds. The summed E-state index contributed by atoms with van der Waals surface area (Å²) in [4.78, 5) is 0. The quantitative estimate of drug-likeness (QED) is 0.586. The third kappa shape index (κ3) is 3.83. The maximum absolute atomic E-state index is 8.27. The van der Waals surface area contributed by atoms with E-state index in [0.717, 1.165) is 5.57 Å². The van der Waals surface area contributed by atoms with Gasteiger partial charge in [0, 0.05) is 12.1 Å². The van der Waals surface area contributed by atoms with Crippen molar-refractivity contribution in [2.24, 2.45) is 0 Å². The molecule has 0 aromatic carbocycles. The highest BCUT2D eigenvalue weighted by Crippen LogP contribution is 1.98. The molecule has 0 rings (SSSR count). The maximum Gasteiger partial charge on any atom is 0.0468 e.